The van der Waals surface area contributed by atoms with E-state index >= 15 is 0 Å². The van der Waals surface area contributed by atoms with Gasteiger partial charge in [-0.1, -0.05) is 0 Å². The Morgan fingerprint density at radius 3 is 2.88 bits per heavy atom. The Balaban J connectivity index is 2.38. The van der Waals surface area contributed by atoms with Gasteiger partial charge < -0.3 is 15.7 Å². The lowest BCUT2D eigenvalue weighted by atomic mass is 10.0. The van der Waals surface area contributed by atoms with Crippen LogP contribution in [0.3, 0.4) is 0 Å². The molecule has 3 atom stereocenters. The SMILES string of the molecule is CSCC[C@@H](N)C(=O)N1CCC(C(C)O)C1. The lowest BCUT2D eigenvalue weighted by Crippen LogP contribution is -2.43. The van der Waals surface area contributed by atoms with Crippen LogP contribution in [-0.4, -0.2) is 53.2 Å². The predicted octanol–water partition coefficient (Wildman–Crippen LogP) is 0.296. The average molecular weight is 246 g/mol. The molecule has 0 aromatic heterocycles. The lowest BCUT2D eigenvalue weighted by molar-refractivity contribution is -0.131. The summed E-state index contributed by atoms with van der Waals surface area (Å²) in [4.78, 5) is 13.7. The molecule has 5 heteroatoms. The molecule has 0 radical (unpaired) electrons. The molecule has 1 heterocycles. The summed E-state index contributed by atoms with van der Waals surface area (Å²) in [6.45, 7) is 3.18. The van der Waals surface area contributed by atoms with Crippen molar-refractivity contribution >= 4 is 17.7 Å². The van der Waals surface area contributed by atoms with E-state index in [2.05, 4.69) is 0 Å². The van der Waals surface area contributed by atoms with Crippen LogP contribution in [0.1, 0.15) is 19.8 Å². The van der Waals surface area contributed by atoms with Crippen molar-refractivity contribution in [3.05, 3.63) is 0 Å². The van der Waals surface area contributed by atoms with Crippen molar-refractivity contribution in [2.45, 2.75) is 31.9 Å². The Labute approximate surface area is 102 Å². The van der Waals surface area contributed by atoms with Crippen LogP contribution >= 0.6 is 11.8 Å². The van der Waals surface area contributed by atoms with Gasteiger partial charge in [0.15, 0.2) is 0 Å². The summed E-state index contributed by atoms with van der Waals surface area (Å²) < 4.78 is 0. The molecule has 0 saturated carbocycles. The number of likely N-dealkylation sites (tertiary alicyclic amines) is 1. The van der Waals surface area contributed by atoms with E-state index in [0.29, 0.717) is 6.54 Å². The minimum atomic E-state index is -0.375. The number of thioether (sulfide) groups is 1. The fraction of sp³-hybridized carbons (Fsp3) is 0.909. The predicted molar refractivity (Wildman–Crippen MR) is 67.3 cm³/mol. The molecule has 0 aliphatic carbocycles. The normalized spacial score (nSPS) is 24.5. The zero-order valence-electron chi connectivity index (χ0n) is 10.1. The van der Waals surface area contributed by atoms with Crippen LogP contribution in [0.25, 0.3) is 0 Å². The Bertz CT molecular complexity index is 236. The van der Waals surface area contributed by atoms with Crippen molar-refractivity contribution in [1.82, 2.24) is 4.90 Å². The molecular formula is C11H22N2O2S. The van der Waals surface area contributed by atoms with Crippen LogP contribution in [0.15, 0.2) is 0 Å². The summed E-state index contributed by atoms with van der Waals surface area (Å²) in [6, 6.07) is -0.375. The molecule has 0 aromatic rings. The minimum absolute atomic E-state index is 0.0391. The van der Waals surface area contributed by atoms with Crippen LogP contribution in [-0.2, 0) is 4.79 Å². The molecule has 0 spiro atoms. The quantitative estimate of drug-likeness (QED) is 0.732. The van der Waals surface area contributed by atoms with Gasteiger partial charge in [0.1, 0.15) is 0 Å². The second kappa shape index (κ2) is 6.47. The highest BCUT2D eigenvalue weighted by Gasteiger charge is 2.31. The Hall–Kier alpha value is -0.260. The molecule has 0 bridgehead atoms. The molecule has 1 amide bonds. The van der Waals surface area contributed by atoms with Crippen molar-refractivity contribution in [2.24, 2.45) is 11.7 Å². The third kappa shape index (κ3) is 3.64. The van der Waals surface area contributed by atoms with Gasteiger partial charge in [0, 0.05) is 19.0 Å². The van der Waals surface area contributed by atoms with E-state index < -0.39 is 0 Å². The van der Waals surface area contributed by atoms with E-state index in [0.717, 1.165) is 25.1 Å². The first-order valence-corrected chi connectivity index (χ1v) is 7.17. The van der Waals surface area contributed by atoms with Crippen LogP contribution in [0.5, 0.6) is 0 Å². The van der Waals surface area contributed by atoms with E-state index in [-0.39, 0.29) is 24.0 Å². The molecule has 1 rings (SSSR count). The number of aliphatic hydroxyl groups is 1. The van der Waals surface area contributed by atoms with E-state index in [1.165, 1.54) is 0 Å². The van der Waals surface area contributed by atoms with E-state index in [1.54, 1.807) is 23.6 Å². The van der Waals surface area contributed by atoms with Gasteiger partial charge in [-0.05, 0) is 31.8 Å². The standard InChI is InChI=1S/C11H22N2O2S/c1-8(14)9-3-5-13(7-9)11(15)10(12)4-6-16-2/h8-10,14H,3-7,12H2,1-2H3/t8?,9?,10-/m1/s1. The highest BCUT2D eigenvalue weighted by molar-refractivity contribution is 7.98. The maximum absolute atomic E-state index is 11.9. The van der Waals surface area contributed by atoms with Crippen molar-refractivity contribution in [3.63, 3.8) is 0 Å². The molecule has 1 aliphatic rings. The van der Waals surface area contributed by atoms with Crippen LogP contribution in [0.4, 0.5) is 0 Å². The van der Waals surface area contributed by atoms with E-state index in [4.69, 9.17) is 5.73 Å². The Morgan fingerprint density at radius 1 is 1.69 bits per heavy atom. The lowest BCUT2D eigenvalue weighted by Gasteiger charge is -2.21. The number of carbonyl (C=O) groups is 1. The third-order valence-corrected chi connectivity index (χ3v) is 3.81. The van der Waals surface area contributed by atoms with Crippen LogP contribution in [0, 0.1) is 5.92 Å². The summed E-state index contributed by atoms with van der Waals surface area (Å²) in [7, 11) is 0. The third-order valence-electron chi connectivity index (χ3n) is 3.17. The maximum Gasteiger partial charge on any atom is 0.239 e. The van der Waals surface area contributed by atoms with Gasteiger partial charge in [-0.3, -0.25) is 4.79 Å². The number of carbonyl (C=O) groups excluding carboxylic acids is 1. The number of aliphatic hydroxyl groups excluding tert-OH is 1. The average Bonchev–Trinajstić information content (AvgIpc) is 2.74. The number of amides is 1. The topological polar surface area (TPSA) is 66.6 Å². The smallest absolute Gasteiger partial charge is 0.239 e. The first-order chi connectivity index (χ1) is 7.56. The zero-order valence-corrected chi connectivity index (χ0v) is 10.9. The van der Waals surface area contributed by atoms with Crippen molar-refractivity contribution in [3.8, 4) is 0 Å². The molecule has 1 fully saturated rings. The molecule has 1 saturated heterocycles. The second-order valence-corrected chi connectivity index (χ2v) is 5.45. The molecule has 16 heavy (non-hydrogen) atoms. The highest BCUT2D eigenvalue weighted by atomic mass is 32.2. The minimum Gasteiger partial charge on any atom is -0.393 e. The molecule has 1 aliphatic heterocycles. The molecule has 4 nitrogen and oxygen atoms in total. The number of hydrogen-bond acceptors (Lipinski definition) is 4. The molecule has 0 aromatic carbocycles. The monoisotopic (exact) mass is 246 g/mol. The van der Waals surface area contributed by atoms with Gasteiger partial charge in [0.05, 0.1) is 12.1 Å². The van der Waals surface area contributed by atoms with Gasteiger partial charge in [0.25, 0.3) is 0 Å². The molecule has 94 valence electrons. The van der Waals surface area contributed by atoms with Gasteiger partial charge in [-0.2, -0.15) is 11.8 Å². The van der Waals surface area contributed by atoms with E-state index in [1.807, 2.05) is 6.26 Å². The summed E-state index contributed by atoms with van der Waals surface area (Å²) in [5.41, 5.74) is 5.84. The van der Waals surface area contributed by atoms with Crippen molar-refractivity contribution < 1.29 is 9.90 Å². The fourth-order valence-corrected chi connectivity index (χ4v) is 2.47. The fourth-order valence-electron chi connectivity index (χ4n) is 1.98. The summed E-state index contributed by atoms with van der Waals surface area (Å²) in [5.74, 6) is 1.18. The Morgan fingerprint density at radius 2 is 2.38 bits per heavy atom. The van der Waals surface area contributed by atoms with Crippen molar-refractivity contribution in [2.75, 3.05) is 25.1 Å². The Kier molecular flexibility index (Phi) is 5.58. The number of rotatable bonds is 5. The van der Waals surface area contributed by atoms with Gasteiger partial charge in [-0.25, -0.2) is 0 Å². The van der Waals surface area contributed by atoms with Gasteiger partial charge in [0.2, 0.25) is 5.91 Å². The van der Waals surface area contributed by atoms with Gasteiger partial charge in [-0.15, -0.1) is 0 Å². The summed E-state index contributed by atoms with van der Waals surface area (Å²) in [6.07, 6.45) is 3.30. The zero-order chi connectivity index (χ0) is 12.1. The van der Waals surface area contributed by atoms with Gasteiger partial charge >= 0.3 is 0 Å². The highest BCUT2D eigenvalue weighted by Crippen LogP contribution is 2.20. The summed E-state index contributed by atoms with van der Waals surface area (Å²) >= 11 is 1.70. The summed E-state index contributed by atoms with van der Waals surface area (Å²) in [5, 5.41) is 9.46. The molecule has 2 unspecified atom stereocenters. The first-order valence-electron chi connectivity index (χ1n) is 5.77. The molecular weight excluding hydrogens is 224 g/mol. The van der Waals surface area contributed by atoms with E-state index in [9.17, 15) is 9.90 Å². The second-order valence-electron chi connectivity index (χ2n) is 4.46. The largest absolute Gasteiger partial charge is 0.393 e. The maximum atomic E-state index is 11.9. The molecule has 3 N–H and O–H groups in total. The van der Waals surface area contributed by atoms with Crippen molar-refractivity contribution in [1.29, 1.82) is 0 Å². The number of hydrogen-bond donors (Lipinski definition) is 2. The first kappa shape index (κ1) is 13.8. The van der Waals surface area contributed by atoms with Crippen LogP contribution in [0.2, 0.25) is 0 Å². The van der Waals surface area contributed by atoms with Crippen LogP contribution < -0.4 is 5.73 Å². The number of nitrogens with two attached hydrogens (primary N) is 1. The number of nitrogens with zero attached hydrogens (tertiary/aromatic N) is 1.